The van der Waals surface area contributed by atoms with Crippen LogP contribution in [0, 0.1) is 0 Å². The van der Waals surface area contributed by atoms with Crippen LogP contribution in [0.4, 0.5) is 0 Å². The molecule has 0 atom stereocenters. The first kappa shape index (κ1) is 8.24. The molecular formula is C9H11Tl. The Hall–Kier alpha value is 0.142. The van der Waals surface area contributed by atoms with Crippen LogP contribution in [0.3, 0.4) is 0 Å². The molecule has 0 aliphatic rings. The van der Waals surface area contributed by atoms with Gasteiger partial charge in [-0.25, -0.2) is 0 Å². The quantitative estimate of drug-likeness (QED) is 0.689. The monoisotopic (exact) mass is 324 g/mol. The van der Waals surface area contributed by atoms with Crippen LogP contribution < -0.4 is 3.12 Å². The summed E-state index contributed by atoms with van der Waals surface area (Å²) in [5.41, 5.74) is 1.45. The van der Waals surface area contributed by atoms with Crippen LogP contribution in [0.15, 0.2) is 24.3 Å². The molecule has 0 nitrogen and oxygen atoms in total. The Morgan fingerprint density at radius 2 is 1.60 bits per heavy atom. The van der Waals surface area contributed by atoms with E-state index < -0.39 is 0 Å². The summed E-state index contributed by atoms with van der Waals surface area (Å²) < 4.78 is 1.50. The van der Waals surface area contributed by atoms with E-state index in [0.29, 0.717) is 5.92 Å². The summed E-state index contributed by atoms with van der Waals surface area (Å²) >= 11 is 0.978. The van der Waals surface area contributed by atoms with E-state index in [1.807, 2.05) is 0 Å². The predicted molar refractivity (Wildman–Crippen MR) is 45.9 cm³/mol. The van der Waals surface area contributed by atoms with Gasteiger partial charge in [0, 0.05) is 0 Å². The molecule has 0 aromatic heterocycles. The second kappa shape index (κ2) is 3.51. The fourth-order valence-corrected chi connectivity index (χ4v) is 1.63. The molecule has 0 radical (unpaired) electrons. The van der Waals surface area contributed by atoms with Gasteiger partial charge in [0.15, 0.2) is 0 Å². The van der Waals surface area contributed by atoms with Gasteiger partial charge in [-0.2, -0.15) is 0 Å². The van der Waals surface area contributed by atoms with Crippen LogP contribution in [-0.2, 0) is 0 Å². The second-order valence-electron chi connectivity index (χ2n) is 2.82. The zero-order valence-corrected chi connectivity index (χ0v) is 11.0. The van der Waals surface area contributed by atoms with E-state index in [2.05, 4.69) is 38.1 Å². The van der Waals surface area contributed by atoms with Crippen LogP contribution >= 0.6 is 0 Å². The van der Waals surface area contributed by atoms with Crippen molar-refractivity contribution in [3.63, 3.8) is 0 Å². The van der Waals surface area contributed by atoms with Crippen molar-refractivity contribution >= 4 is 28.9 Å². The molecule has 0 aliphatic heterocycles. The van der Waals surface area contributed by atoms with Gasteiger partial charge in [0.2, 0.25) is 0 Å². The standard InChI is InChI=1S/C9H11.Tl/c1-8(2)9-6-4-3-5-7-9;/h4-8H,1-2H3;. The Labute approximate surface area is 78.3 Å². The van der Waals surface area contributed by atoms with Gasteiger partial charge < -0.3 is 0 Å². The molecule has 0 N–H and O–H groups in total. The Kier molecular flexibility index (Phi) is 2.89. The molecule has 0 heterocycles. The van der Waals surface area contributed by atoms with Crippen molar-refractivity contribution in [1.82, 2.24) is 0 Å². The molecule has 0 amide bonds. The summed E-state index contributed by atoms with van der Waals surface area (Å²) in [5.74, 6) is 0.672. The molecule has 1 aromatic carbocycles. The summed E-state index contributed by atoms with van der Waals surface area (Å²) in [6, 6.07) is 8.94. The van der Waals surface area contributed by atoms with Crippen molar-refractivity contribution in [1.29, 1.82) is 0 Å². The van der Waals surface area contributed by atoms with Gasteiger partial charge >= 0.3 is 78.5 Å². The van der Waals surface area contributed by atoms with Crippen LogP contribution in [0.25, 0.3) is 0 Å². The van der Waals surface area contributed by atoms with E-state index >= 15 is 0 Å². The molecule has 50 valence electrons. The molecule has 0 fully saturated rings. The third-order valence-corrected chi connectivity index (χ3v) is 3.10. The molecule has 0 unspecified atom stereocenters. The van der Waals surface area contributed by atoms with Crippen LogP contribution in [-0.4, -0.2) is 25.8 Å². The molecule has 0 spiro atoms. The minimum absolute atomic E-state index is 0.672. The summed E-state index contributed by atoms with van der Waals surface area (Å²) in [7, 11) is 0. The predicted octanol–water partition coefficient (Wildman–Crippen LogP) is 1.60. The van der Waals surface area contributed by atoms with Gasteiger partial charge in [-0.1, -0.05) is 0 Å². The molecule has 1 aromatic rings. The fourth-order valence-electron chi connectivity index (χ4n) is 0.881. The zero-order chi connectivity index (χ0) is 7.56. The van der Waals surface area contributed by atoms with E-state index in [0.717, 1.165) is 25.8 Å². The van der Waals surface area contributed by atoms with E-state index in [-0.39, 0.29) is 0 Å². The van der Waals surface area contributed by atoms with E-state index in [4.69, 9.17) is 0 Å². The first-order valence-electron chi connectivity index (χ1n) is 3.55. The average Bonchev–Trinajstić information content (AvgIpc) is 1.88. The van der Waals surface area contributed by atoms with Crippen molar-refractivity contribution in [3.8, 4) is 0 Å². The molecule has 1 rings (SSSR count). The summed E-state index contributed by atoms with van der Waals surface area (Å²) in [4.78, 5) is 0. The Morgan fingerprint density at radius 3 is 2.00 bits per heavy atom. The summed E-state index contributed by atoms with van der Waals surface area (Å²) in [5, 5.41) is 0. The van der Waals surface area contributed by atoms with Crippen molar-refractivity contribution in [2.24, 2.45) is 0 Å². The Bertz CT molecular complexity index is 198. The third-order valence-electron chi connectivity index (χ3n) is 1.60. The Morgan fingerprint density at radius 1 is 1.10 bits per heavy atom. The second-order valence-corrected chi connectivity index (χ2v) is 5.41. The van der Waals surface area contributed by atoms with Gasteiger partial charge in [0.05, 0.1) is 0 Å². The maximum absolute atomic E-state index is 2.24. The first-order chi connectivity index (χ1) is 4.70. The number of benzene rings is 1. The topological polar surface area (TPSA) is 0 Å². The van der Waals surface area contributed by atoms with Crippen LogP contribution in [0.2, 0.25) is 0 Å². The van der Waals surface area contributed by atoms with E-state index in [1.54, 1.807) is 0 Å². The minimum atomic E-state index is 0.672. The third kappa shape index (κ3) is 2.08. The molecule has 0 saturated heterocycles. The van der Waals surface area contributed by atoms with Gasteiger partial charge in [-0.15, -0.1) is 0 Å². The van der Waals surface area contributed by atoms with Gasteiger partial charge in [-0.05, 0) is 0 Å². The van der Waals surface area contributed by atoms with Crippen molar-refractivity contribution < 1.29 is 0 Å². The summed E-state index contributed by atoms with van der Waals surface area (Å²) in [6.07, 6.45) is 0. The van der Waals surface area contributed by atoms with Crippen LogP contribution in [0.5, 0.6) is 0 Å². The SMILES string of the molecule is CC(C)c1cc[c]([Tl])cc1. The van der Waals surface area contributed by atoms with Gasteiger partial charge in [0.25, 0.3) is 0 Å². The van der Waals surface area contributed by atoms with Gasteiger partial charge in [0.1, 0.15) is 0 Å². The van der Waals surface area contributed by atoms with E-state index in [1.165, 1.54) is 8.69 Å². The van der Waals surface area contributed by atoms with E-state index in [9.17, 15) is 0 Å². The summed E-state index contributed by atoms with van der Waals surface area (Å²) in [6.45, 7) is 4.45. The van der Waals surface area contributed by atoms with Gasteiger partial charge in [-0.3, -0.25) is 0 Å². The molecular weight excluding hydrogens is 312 g/mol. The zero-order valence-electron chi connectivity index (χ0n) is 6.46. The van der Waals surface area contributed by atoms with Crippen molar-refractivity contribution in [2.45, 2.75) is 19.8 Å². The first-order valence-corrected chi connectivity index (χ1v) is 5.80. The molecule has 0 aliphatic carbocycles. The maximum atomic E-state index is 2.24. The molecule has 0 bridgehead atoms. The van der Waals surface area contributed by atoms with Crippen molar-refractivity contribution in [2.75, 3.05) is 0 Å². The number of rotatable bonds is 1. The van der Waals surface area contributed by atoms with Crippen LogP contribution in [0.1, 0.15) is 25.3 Å². The normalized spacial score (nSPS) is 10.2. The number of hydrogen-bond donors (Lipinski definition) is 0. The molecule has 1 heteroatoms. The van der Waals surface area contributed by atoms with Crippen molar-refractivity contribution in [3.05, 3.63) is 29.8 Å². The average molecular weight is 324 g/mol. The number of hydrogen-bond acceptors (Lipinski definition) is 0. The molecule has 10 heavy (non-hydrogen) atoms. The Balaban J connectivity index is 2.89. The molecule has 0 saturated carbocycles. The fraction of sp³-hybridized carbons (Fsp3) is 0.333.